The van der Waals surface area contributed by atoms with E-state index in [9.17, 15) is 0 Å². The summed E-state index contributed by atoms with van der Waals surface area (Å²) in [7, 11) is 0. The van der Waals surface area contributed by atoms with Crippen LogP contribution in [-0.2, 0) is 0 Å². The Labute approximate surface area is 115 Å². The molecule has 3 rings (SSSR count). The van der Waals surface area contributed by atoms with E-state index in [1.807, 2.05) is 0 Å². The molecule has 0 atom stereocenters. The number of hydrogen-bond donors (Lipinski definition) is 1. The van der Waals surface area contributed by atoms with E-state index < -0.39 is 0 Å². The lowest BCUT2D eigenvalue weighted by Crippen LogP contribution is -2.39. The number of piperidine rings is 1. The van der Waals surface area contributed by atoms with Crippen LogP contribution in [0, 0.1) is 5.92 Å². The van der Waals surface area contributed by atoms with Crippen LogP contribution in [0.5, 0.6) is 5.75 Å². The molecule has 3 heteroatoms. The van der Waals surface area contributed by atoms with Gasteiger partial charge in [-0.05, 0) is 49.4 Å². The molecule has 2 fully saturated rings. The second-order valence-corrected chi connectivity index (χ2v) is 5.90. The van der Waals surface area contributed by atoms with E-state index in [-0.39, 0.29) is 0 Å². The lowest BCUT2D eigenvalue weighted by Gasteiger charge is -2.32. The minimum absolute atomic E-state index is 0.390. The quantitative estimate of drug-likeness (QED) is 0.884. The Bertz CT molecular complexity index is 392. The Balaban J connectivity index is 1.49. The van der Waals surface area contributed by atoms with Crippen molar-refractivity contribution in [2.75, 3.05) is 24.6 Å². The normalized spacial score (nSPS) is 20.6. The zero-order valence-electron chi connectivity index (χ0n) is 11.6. The van der Waals surface area contributed by atoms with Gasteiger partial charge in [0.15, 0.2) is 0 Å². The van der Waals surface area contributed by atoms with Crippen molar-refractivity contribution in [3.8, 4) is 5.75 Å². The molecule has 1 aliphatic carbocycles. The summed E-state index contributed by atoms with van der Waals surface area (Å²) in [5.74, 6) is 1.94. The van der Waals surface area contributed by atoms with Gasteiger partial charge in [-0.2, -0.15) is 0 Å². The maximum absolute atomic E-state index is 5.94. The monoisotopic (exact) mass is 260 g/mol. The molecule has 1 aromatic rings. The van der Waals surface area contributed by atoms with Crippen LogP contribution < -0.4 is 15.4 Å². The topological polar surface area (TPSA) is 38.5 Å². The Hall–Kier alpha value is -1.22. The van der Waals surface area contributed by atoms with Crippen molar-refractivity contribution < 1.29 is 4.74 Å². The standard InChI is InChI=1S/C16H24N2O/c17-14-7-10-18(11-8-14)15-3-5-16(6-4-15)19-12-9-13-1-2-13/h3-6,13-14H,1-2,7-12,17H2. The zero-order valence-corrected chi connectivity index (χ0v) is 11.6. The van der Waals surface area contributed by atoms with Crippen molar-refractivity contribution in [2.45, 2.75) is 38.1 Å². The van der Waals surface area contributed by atoms with Gasteiger partial charge in [-0.15, -0.1) is 0 Å². The number of nitrogens with two attached hydrogens (primary N) is 1. The number of anilines is 1. The summed E-state index contributed by atoms with van der Waals surface area (Å²) in [6, 6.07) is 8.92. The van der Waals surface area contributed by atoms with Crippen LogP contribution in [-0.4, -0.2) is 25.7 Å². The highest BCUT2D eigenvalue weighted by Gasteiger charge is 2.20. The number of nitrogens with zero attached hydrogens (tertiary/aromatic N) is 1. The first kappa shape index (κ1) is 12.8. The minimum atomic E-state index is 0.390. The number of hydrogen-bond acceptors (Lipinski definition) is 3. The van der Waals surface area contributed by atoms with E-state index in [4.69, 9.17) is 10.5 Å². The Kier molecular flexibility index (Phi) is 3.92. The Morgan fingerprint density at radius 1 is 1.05 bits per heavy atom. The molecule has 104 valence electrons. The summed E-state index contributed by atoms with van der Waals surface area (Å²) < 4.78 is 5.78. The third-order valence-electron chi connectivity index (χ3n) is 4.23. The molecule has 1 aliphatic heterocycles. The summed E-state index contributed by atoms with van der Waals surface area (Å²) in [4.78, 5) is 2.41. The van der Waals surface area contributed by atoms with Gasteiger partial charge in [0.2, 0.25) is 0 Å². The molecular formula is C16H24N2O. The van der Waals surface area contributed by atoms with E-state index >= 15 is 0 Å². The number of ether oxygens (including phenoxy) is 1. The van der Waals surface area contributed by atoms with Crippen LogP contribution in [0.25, 0.3) is 0 Å². The Morgan fingerprint density at radius 2 is 1.74 bits per heavy atom. The second kappa shape index (κ2) is 5.83. The first-order chi connectivity index (χ1) is 9.31. The van der Waals surface area contributed by atoms with Gasteiger partial charge in [-0.1, -0.05) is 12.8 Å². The highest BCUT2D eigenvalue weighted by molar-refractivity contribution is 5.49. The highest BCUT2D eigenvalue weighted by atomic mass is 16.5. The smallest absolute Gasteiger partial charge is 0.119 e. The Morgan fingerprint density at radius 3 is 2.37 bits per heavy atom. The van der Waals surface area contributed by atoms with Gasteiger partial charge in [0, 0.05) is 24.8 Å². The molecule has 2 N–H and O–H groups in total. The van der Waals surface area contributed by atoms with E-state index in [0.717, 1.165) is 44.2 Å². The molecule has 1 aromatic carbocycles. The number of rotatable bonds is 5. The third kappa shape index (κ3) is 3.63. The predicted molar refractivity (Wildman–Crippen MR) is 78.7 cm³/mol. The van der Waals surface area contributed by atoms with Crippen molar-refractivity contribution in [1.29, 1.82) is 0 Å². The van der Waals surface area contributed by atoms with Crippen molar-refractivity contribution >= 4 is 5.69 Å². The second-order valence-electron chi connectivity index (χ2n) is 5.90. The molecular weight excluding hydrogens is 236 g/mol. The molecule has 19 heavy (non-hydrogen) atoms. The predicted octanol–water partition coefficient (Wildman–Crippen LogP) is 2.79. The molecule has 0 unspecified atom stereocenters. The molecule has 1 saturated heterocycles. The average molecular weight is 260 g/mol. The van der Waals surface area contributed by atoms with Gasteiger partial charge in [-0.25, -0.2) is 0 Å². The maximum Gasteiger partial charge on any atom is 0.119 e. The highest BCUT2D eigenvalue weighted by Crippen LogP contribution is 2.32. The average Bonchev–Trinajstić information content (AvgIpc) is 3.25. The largest absolute Gasteiger partial charge is 0.494 e. The van der Waals surface area contributed by atoms with Crippen molar-refractivity contribution in [3.05, 3.63) is 24.3 Å². The van der Waals surface area contributed by atoms with E-state index in [2.05, 4.69) is 29.2 Å². The van der Waals surface area contributed by atoms with Crippen LogP contribution in [0.1, 0.15) is 32.1 Å². The molecule has 2 aliphatic rings. The van der Waals surface area contributed by atoms with Gasteiger partial charge < -0.3 is 15.4 Å². The summed E-state index contributed by atoms with van der Waals surface area (Å²) in [5, 5.41) is 0. The summed E-state index contributed by atoms with van der Waals surface area (Å²) in [6.07, 6.45) is 6.21. The lowest BCUT2D eigenvalue weighted by molar-refractivity contribution is 0.302. The van der Waals surface area contributed by atoms with Crippen molar-refractivity contribution in [1.82, 2.24) is 0 Å². The van der Waals surface area contributed by atoms with Gasteiger partial charge in [0.25, 0.3) is 0 Å². The van der Waals surface area contributed by atoms with Gasteiger partial charge in [0.1, 0.15) is 5.75 Å². The molecule has 1 saturated carbocycles. The minimum Gasteiger partial charge on any atom is -0.494 e. The summed E-state index contributed by atoms with van der Waals surface area (Å²) in [6.45, 7) is 3.01. The fourth-order valence-corrected chi connectivity index (χ4v) is 2.66. The molecule has 0 aromatic heterocycles. The van der Waals surface area contributed by atoms with Gasteiger partial charge in [0.05, 0.1) is 6.61 Å². The van der Waals surface area contributed by atoms with Crippen LogP contribution >= 0.6 is 0 Å². The fourth-order valence-electron chi connectivity index (χ4n) is 2.66. The van der Waals surface area contributed by atoms with E-state index in [1.54, 1.807) is 0 Å². The van der Waals surface area contributed by atoms with Crippen LogP contribution in [0.15, 0.2) is 24.3 Å². The van der Waals surface area contributed by atoms with E-state index in [0.29, 0.717) is 6.04 Å². The number of benzene rings is 1. The van der Waals surface area contributed by atoms with Crippen LogP contribution in [0.3, 0.4) is 0 Å². The summed E-state index contributed by atoms with van der Waals surface area (Å²) in [5.41, 5.74) is 7.23. The molecule has 0 radical (unpaired) electrons. The van der Waals surface area contributed by atoms with Crippen LogP contribution in [0.4, 0.5) is 5.69 Å². The molecule has 0 spiro atoms. The van der Waals surface area contributed by atoms with E-state index in [1.165, 1.54) is 24.9 Å². The van der Waals surface area contributed by atoms with Gasteiger partial charge in [-0.3, -0.25) is 0 Å². The molecule has 0 bridgehead atoms. The SMILES string of the molecule is NC1CCN(c2ccc(OCCC3CC3)cc2)CC1. The molecule has 3 nitrogen and oxygen atoms in total. The van der Waals surface area contributed by atoms with Crippen LogP contribution in [0.2, 0.25) is 0 Å². The zero-order chi connectivity index (χ0) is 13.1. The third-order valence-corrected chi connectivity index (χ3v) is 4.23. The lowest BCUT2D eigenvalue weighted by atomic mass is 10.1. The van der Waals surface area contributed by atoms with Crippen molar-refractivity contribution in [3.63, 3.8) is 0 Å². The molecule has 0 amide bonds. The maximum atomic E-state index is 5.94. The molecule has 1 heterocycles. The van der Waals surface area contributed by atoms with Crippen molar-refractivity contribution in [2.24, 2.45) is 11.7 Å². The van der Waals surface area contributed by atoms with Gasteiger partial charge >= 0.3 is 0 Å². The first-order valence-corrected chi connectivity index (χ1v) is 7.54. The first-order valence-electron chi connectivity index (χ1n) is 7.54. The fraction of sp³-hybridized carbons (Fsp3) is 0.625. The summed E-state index contributed by atoms with van der Waals surface area (Å²) >= 11 is 0.